The van der Waals surface area contributed by atoms with Crippen LogP contribution in [-0.2, 0) is 0 Å². The Morgan fingerprint density at radius 2 is 1.76 bits per heavy atom. The van der Waals surface area contributed by atoms with Crippen LogP contribution in [0, 0.1) is 46.3 Å². The molecule has 0 heterocycles. The zero-order valence-corrected chi connectivity index (χ0v) is 20.7. The molecule has 0 saturated heterocycles. The highest BCUT2D eigenvalue weighted by Crippen LogP contribution is 2.60. The lowest BCUT2D eigenvalue weighted by Gasteiger charge is -2.49. The number of fused-ring (bicyclic) bond motifs is 1. The first-order chi connectivity index (χ1) is 13.7. The Kier molecular flexibility index (Phi) is 7.84. The second-order valence-corrected chi connectivity index (χ2v) is 12.8. The second kappa shape index (κ2) is 9.62. The van der Waals surface area contributed by atoms with E-state index in [1.54, 1.807) is 0 Å². The van der Waals surface area contributed by atoms with Crippen molar-refractivity contribution in [2.24, 2.45) is 46.3 Å². The van der Waals surface area contributed by atoms with Crippen LogP contribution in [0.1, 0.15) is 125 Å². The highest BCUT2D eigenvalue weighted by Gasteiger charge is 2.51. The number of rotatable bonds is 8. The second-order valence-electron chi connectivity index (χ2n) is 12.8. The SMILES string of the molecule is CC[C@@H](CC1CCCC2(C)C(CCCC(C)C)CCC12)C1C[C@H](O)CCC1(C)C. The molecule has 0 radical (unpaired) electrons. The summed E-state index contributed by atoms with van der Waals surface area (Å²) in [6.07, 6.45) is 17.8. The quantitative estimate of drug-likeness (QED) is 0.431. The highest BCUT2D eigenvalue weighted by atomic mass is 16.3. The number of aliphatic hydroxyl groups is 1. The lowest BCUT2D eigenvalue weighted by molar-refractivity contribution is -0.0225. The fraction of sp³-hybridized carbons (Fsp3) is 1.00. The Morgan fingerprint density at radius 1 is 1.00 bits per heavy atom. The third-order valence-electron chi connectivity index (χ3n) is 10.1. The summed E-state index contributed by atoms with van der Waals surface area (Å²) in [6.45, 7) is 14.8. The highest BCUT2D eigenvalue weighted by molar-refractivity contribution is 5.01. The van der Waals surface area contributed by atoms with E-state index in [0.717, 1.165) is 42.4 Å². The van der Waals surface area contributed by atoms with Crippen LogP contribution in [0.5, 0.6) is 0 Å². The van der Waals surface area contributed by atoms with Crippen LogP contribution in [0.3, 0.4) is 0 Å². The minimum atomic E-state index is -0.0458. The predicted octanol–water partition coefficient (Wildman–Crippen LogP) is 8.25. The van der Waals surface area contributed by atoms with Gasteiger partial charge < -0.3 is 5.11 Å². The van der Waals surface area contributed by atoms with Gasteiger partial charge in [0.05, 0.1) is 6.10 Å². The molecule has 7 atom stereocenters. The van der Waals surface area contributed by atoms with Crippen LogP contribution in [-0.4, -0.2) is 11.2 Å². The molecule has 3 fully saturated rings. The molecule has 5 unspecified atom stereocenters. The maximum absolute atomic E-state index is 10.4. The zero-order valence-electron chi connectivity index (χ0n) is 20.7. The summed E-state index contributed by atoms with van der Waals surface area (Å²) in [4.78, 5) is 0. The number of aliphatic hydroxyl groups excluding tert-OH is 1. The first-order valence-corrected chi connectivity index (χ1v) is 13.4. The Labute approximate surface area is 182 Å². The van der Waals surface area contributed by atoms with E-state index in [2.05, 4.69) is 41.5 Å². The van der Waals surface area contributed by atoms with E-state index in [4.69, 9.17) is 0 Å². The molecule has 0 amide bonds. The van der Waals surface area contributed by atoms with Gasteiger partial charge in [0.1, 0.15) is 0 Å². The van der Waals surface area contributed by atoms with Crippen molar-refractivity contribution in [2.45, 2.75) is 131 Å². The lowest BCUT2D eigenvalue weighted by Crippen LogP contribution is -2.42. The molecule has 0 aromatic rings. The van der Waals surface area contributed by atoms with Gasteiger partial charge in [-0.1, -0.05) is 73.6 Å². The Balaban J connectivity index is 1.66. The van der Waals surface area contributed by atoms with Gasteiger partial charge in [0.2, 0.25) is 0 Å². The molecular formula is C28H52O. The molecule has 0 aliphatic heterocycles. The van der Waals surface area contributed by atoms with Gasteiger partial charge in [0.25, 0.3) is 0 Å². The monoisotopic (exact) mass is 404 g/mol. The predicted molar refractivity (Wildman–Crippen MR) is 126 cm³/mol. The molecular weight excluding hydrogens is 352 g/mol. The van der Waals surface area contributed by atoms with E-state index < -0.39 is 0 Å². The van der Waals surface area contributed by atoms with Gasteiger partial charge >= 0.3 is 0 Å². The van der Waals surface area contributed by atoms with E-state index in [9.17, 15) is 5.11 Å². The maximum Gasteiger partial charge on any atom is 0.0543 e. The third-order valence-corrected chi connectivity index (χ3v) is 10.1. The molecule has 3 saturated carbocycles. The van der Waals surface area contributed by atoms with Crippen molar-refractivity contribution in [3.05, 3.63) is 0 Å². The number of hydrogen-bond acceptors (Lipinski definition) is 1. The van der Waals surface area contributed by atoms with E-state index >= 15 is 0 Å². The van der Waals surface area contributed by atoms with Crippen LogP contribution in [0.25, 0.3) is 0 Å². The van der Waals surface area contributed by atoms with E-state index in [1.807, 2.05) is 0 Å². The average Bonchev–Trinajstić information content (AvgIpc) is 2.99. The van der Waals surface area contributed by atoms with Gasteiger partial charge in [-0.25, -0.2) is 0 Å². The minimum Gasteiger partial charge on any atom is -0.393 e. The summed E-state index contributed by atoms with van der Waals surface area (Å²) in [6, 6.07) is 0. The first kappa shape index (κ1) is 23.6. The smallest absolute Gasteiger partial charge is 0.0543 e. The molecule has 1 heteroatoms. The van der Waals surface area contributed by atoms with Crippen LogP contribution in [0.15, 0.2) is 0 Å². The van der Waals surface area contributed by atoms with Crippen molar-refractivity contribution in [3.8, 4) is 0 Å². The standard InChI is InChI=1S/C28H52O/c1-7-21(26-19-24(29)15-17-27(26,4)5)18-22-11-9-16-28(6)23(13-14-25(22)28)12-8-10-20(2)3/h20-26,29H,7-19H2,1-6H3/t21-,22?,23?,24+,25?,26?,28?/m0/s1. The van der Waals surface area contributed by atoms with Gasteiger partial charge in [0, 0.05) is 0 Å². The lowest BCUT2D eigenvalue weighted by atomic mass is 9.56. The van der Waals surface area contributed by atoms with E-state index in [1.165, 1.54) is 70.6 Å². The molecule has 0 aromatic heterocycles. The summed E-state index contributed by atoms with van der Waals surface area (Å²) < 4.78 is 0. The van der Waals surface area contributed by atoms with E-state index in [0.29, 0.717) is 16.7 Å². The minimum absolute atomic E-state index is 0.0458. The molecule has 3 aliphatic carbocycles. The van der Waals surface area contributed by atoms with Crippen molar-refractivity contribution in [1.82, 2.24) is 0 Å². The molecule has 0 spiro atoms. The molecule has 0 aromatic carbocycles. The van der Waals surface area contributed by atoms with Crippen LogP contribution in [0.2, 0.25) is 0 Å². The summed E-state index contributed by atoms with van der Waals surface area (Å²) in [5.74, 6) is 5.30. The molecule has 170 valence electrons. The van der Waals surface area contributed by atoms with Gasteiger partial charge in [-0.3, -0.25) is 0 Å². The normalized spacial score (nSPS) is 40.8. The van der Waals surface area contributed by atoms with Crippen molar-refractivity contribution in [2.75, 3.05) is 0 Å². The van der Waals surface area contributed by atoms with Gasteiger partial charge in [-0.2, -0.15) is 0 Å². The fourth-order valence-electron chi connectivity index (χ4n) is 8.27. The largest absolute Gasteiger partial charge is 0.393 e. The Hall–Kier alpha value is -0.0400. The van der Waals surface area contributed by atoms with Crippen LogP contribution >= 0.6 is 0 Å². The Morgan fingerprint density at radius 3 is 2.45 bits per heavy atom. The molecule has 29 heavy (non-hydrogen) atoms. The Bertz CT molecular complexity index is 508. The van der Waals surface area contributed by atoms with Gasteiger partial charge in [-0.05, 0) is 97.7 Å². The summed E-state index contributed by atoms with van der Waals surface area (Å²) >= 11 is 0. The molecule has 1 nitrogen and oxygen atoms in total. The fourth-order valence-corrected chi connectivity index (χ4v) is 8.27. The van der Waals surface area contributed by atoms with Crippen molar-refractivity contribution >= 4 is 0 Å². The molecule has 3 rings (SSSR count). The van der Waals surface area contributed by atoms with Gasteiger partial charge in [0.15, 0.2) is 0 Å². The van der Waals surface area contributed by atoms with Gasteiger partial charge in [-0.15, -0.1) is 0 Å². The third kappa shape index (κ3) is 5.24. The molecule has 0 bridgehead atoms. The van der Waals surface area contributed by atoms with Crippen molar-refractivity contribution < 1.29 is 5.11 Å². The summed E-state index contributed by atoms with van der Waals surface area (Å²) in [5, 5.41) is 10.4. The number of hydrogen-bond donors (Lipinski definition) is 1. The first-order valence-electron chi connectivity index (χ1n) is 13.4. The average molecular weight is 405 g/mol. The van der Waals surface area contributed by atoms with Crippen molar-refractivity contribution in [1.29, 1.82) is 0 Å². The van der Waals surface area contributed by atoms with E-state index in [-0.39, 0.29) is 6.10 Å². The zero-order chi connectivity index (χ0) is 21.2. The maximum atomic E-state index is 10.4. The topological polar surface area (TPSA) is 20.2 Å². The van der Waals surface area contributed by atoms with Crippen LogP contribution < -0.4 is 0 Å². The van der Waals surface area contributed by atoms with Crippen molar-refractivity contribution in [3.63, 3.8) is 0 Å². The summed E-state index contributed by atoms with van der Waals surface area (Å²) in [5.41, 5.74) is 1.03. The summed E-state index contributed by atoms with van der Waals surface area (Å²) in [7, 11) is 0. The molecule has 1 N–H and O–H groups in total. The molecule has 3 aliphatic rings. The van der Waals surface area contributed by atoms with Crippen LogP contribution in [0.4, 0.5) is 0 Å².